The second kappa shape index (κ2) is 1.83. The molecule has 0 spiro atoms. The average molecular weight is 216 g/mol. The zero-order valence-corrected chi connectivity index (χ0v) is 9.47. The van der Waals surface area contributed by atoms with Crippen molar-refractivity contribution in [2.45, 2.75) is 51.4 Å². The average Bonchev–Trinajstić information content (AvgIpc) is 3.05. The second-order valence-electron chi connectivity index (χ2n) is 7.05. The summed E-state index contributed by atoms with van der Waals surface area (Å²) >= 11 is 0. The Hall–Kier alpha value is -0.660. The fourth-order valence-electron chi connectivity index (χ4n) is 6.20. The van der Waals surface area contributed by atoms with Crippen molar-refractivity contribution in [2.75, 3.05) is 0 Å². The van der Waals surface area contributed by atoms with Crippen LogP contribution in [0.25, 0.3) is 0 Å². The van der Waals surface area contributed by atoms with Gasteiger partial charge in [-0.15, -0.1) is 0 Å². The maximum Gasteiger partial charge on any atom is 0.147 e. The van der Waals surface area contributed by atoms with E-state index in [9.17, 15) is 9.59 Å². The topological polar surface area (TPSA) is 34.1 Å². The molecular weight excluding hydrogens is 200 g/mol. The van der Waals surface area contributed by atoms with Crippen molar-refractivity contribution in [1.29, 1.82) is 0 Å². The molecule has 16 heavy (non-hydrogen) atoms. The minimum absolute atomic E-state index is 0.131. The highest BCUT2D eigenvalue weighted by Crippen LogP contribution is 2.90. The largest absolute Gasteiger partial charge is 0.298 e. The fraction of sp³-hybridized carbons (Fsp3) is 0.857. The molecule has 0 radical (unpaired) electrons. The number of carbonyl (C=O) groups is 2. The van der Waals surface area contributed by atoms with E-state index in [-0.39, 0.29) is 21.7 Å². The van der Waals surface area contributed by atoms with Crippen molar-refractivity contribution < 1.29 is 9.59 Å². The molecule has 0 aromatic heterocycles. The van der Waals surface area contributed by atoms with Gasteiger partial charge in [0.1, 0.15) is 11.6 Å². The molecule has 0 amide bonds. The van der Waals surface area contributed by atoms with E-state index in [0.29, 0.717) is 11.6 Å². The van der Waals surface area contributed by atoms with Crippen molar-refractivity contribution >= 4 is 11.6 Å². The summed E-state index contributed by atoms with van der Waals surface area (Å²) in [5.41, 5.74) is -0.522. The summed E-state index contributed by atoms with van der Waals surface area (Å²) in [4.78, 5) is 25.6. The molecule has 0 N–H and O–H groups in total. The van der Waals surface area contributed by atoms with E-state index in [1.54, 1.807) is 0 Å². The first-order valence-corrected chi connectivity index (χ1v) is 6.74. The number of hydrogen-bond donors (Lipinski definition) is 0. The Balaban J connectivity index is 1.78. The molecule has 5 rings (SSSR count). The lowest BCUT2D eigenvalue weighted by atomic mass is 9.69. The third-order valence-corrected chi connectivity index (χ3v) is 6.94. The van der Waals surface area contributed by atoms with Crippen LogP contribution in [-0.2, 0) is 9.59 Å². The minimum Gasteiger partial charge on any atom is -0.298 e. The predicted molar refractivity (Wildman–Crippen MR) is 56.7 cm³/mol. The third kappa shape index (κ3) is 0.476. The van der Waals surface area contributed by atoms with Gasteiger partial charge in [-0.25, -0.2) is 0 Å². The lowest BCUT2D eigenvalue weighted by molar-refractivity contribution is -0.144. The van der Waals surface area contributed by atoms with Gasteiger partial charge in [-0.1, -0.05) is 12.8 Å². The van der Waals surface area contributed by atoms with Gasteiger partial charge >= 0.3 is 0 Å². The van der Waals surface area contributed by atoms with Gasteiger partial charge < -0.3 is 0 Å². The molecule has 0 heterocycles. The molecule has 5 aliphatic carbocycles. The first-order chi connectivity index (χ1) is 7.64. The first-order valence-electron chi connectivity index (χ1n) is 6.74. The molecule has 0 aromatic rings. The highest BCUT2D eigenvalue weighted by molar-refractivity contribution is 6.17. The van der Waals surface area contributed by atoms with Gasteiger partial charge in [0, 0.05) is 21.7 Å². The second-order valence-corrected chi connectivity index (χ2v) is 7.05. The lowest BCUT2D eigenvalue weighted by Crippen LogP contribution is -2.42. The van der Waals surface area contributed by atoms with E-state index in [1.165, 1.54) is 0 Å². The van der Waals surface area contributed by atoms with Gasteiger partial charge in [0.2, 0.25) is 0 Å². The summed E-state index contributed by atoms with van der Waals surface area (Å²) in [5.74, 6) is 1.07. The molecule has 5 aliphatic rings. The first kappa shape index (κ1) is 8.43. The van der Waals surface area contributed by atoms with Crippen LogP contribution in [0.4, 0.5) is 0 Å². The van der Waals surface area contributed by atoms with Crippen molar-refractivity contribution in [2.24, 2.45) is 21.7 Å². The minimum atomic E-state index is -0.131. The van der Waals surface area contributed by atoms with Crippen molar-refractivity contribution in [3.63, 3.8) is 0 Å². The van der Waals surface area contributed by atoms with E-state index >= 15 is 0 Å². The molecule has 5 saturated carbocycles. The summed E-state index contributed by atoms with van der Waals surface area (Å²) in [7, 11) is 0. The van der Waals surface area contributed by atoms with Gasteiger partial charge in [-0.2, -0.15) is 0 Å². The predicted octanol–water partition coefficient (Wildman–Crippen LogP) is 2.26. The van der Waals surface area contributed by atoms with Crippen LogP contribution in [-0.4, -0.2) is 11.6 Å². The van der Waals surface area contributed by atoms with E-state index in [1.807, 2.05) is 0 Å². The smallest absolute Gasteiger partial charge is 0.147 e. The van der Waals surface area contributed by atoms with Crippen LogP contribution >= 0.6 is 0 Å². The zero-order chi connectivity index (χ0) is 10.8. The van der Waals surface area contributed by atoms with E-state index in [2.05, 4.69) is 0 Å². The number of hydrogen-bond acceptors (Lipinski definition) is 2. The van der Waals surface area contributed by atoms with Crippen molar-refractivity contribution in [3.05, 3.63) is 0 Å². The third-order valence-electron chi connectivity index (χ3n) is 6.94. The summed E-state index contributed by atoms with van der Waals surface area (Å²) < 4.78 is 0. The maximum atomic E-state index is 12.8. The van der Waals surface area contributed by atoms with Crippen LogP contribution in [0.15, 0.2) is 0 Å². The monoisotopic (exact) mass is 216 g/mol. The molecule has 0 bridgehead atoms. The highest BCUT2D eigenvalue weighted by Gasteiger charge is 2.93. The maximum absolute atomic E-state index is 12.8. The van der Waals surface area contributed by atoms with Crippen molar-refractivity contribution in [3.8, 4) is 0 Å². The standard InChI is InChI=1S/C14H16O2/c15-9-11-3-1-4-12(11,7-11)10(16)14-6-2-5-13(9,14)8-14/h1-8H2. The van der Waals surface area contributed by atoms with Crippen LogP contribution in [0, 0.1) is 21.7 Å². The van der Waals surface area contributed by atoms with Crippen LogP contribution in [0.3, 0.4) is 0 Å². The van der Waals surface area contributed by atoms with Crippen LogP contribution in [0.1, 0.15) is 51.4 Å². The Kier molecular flexibility index (Phi) is 0.965. The van der Waals surface area contributed by atoms with Crippen molar-refractivity contribution in [1.82, 2.24) is 0 Å². The summed E-state index contributed by atoms with van der Waals surface area (Å²) in [5, 5.41) is 0. The Labute approximate surface area is 94.8 Å². The molecular formula is C14H16O2. The number of ketones is 2. The number of rotatable bonds is 0. The molecule has 2 heteroatoms. The normalized spacial score (nSPS) is 64.8. The lowest BCUT2D eigenvalue weighted by Gasteiger charge is -2.30. The SMILES string of the molecule is O=C1C23CCCC2(C3)C(=O)C23CCCC12C3. The van der Waals surface area contributed by atoms with Gasteiger partial charge in [0.05, 0.1) is 0 Å². The molecule has 84 valence electrons. The Morgan fingerprint density at radius 2 is 0.938 bits per heavy atom. The summed E-state index contributed by atoms with van der Waals surface area (Å²) in [6.07, 6.45) is 8.19. The van der Waals surface area contributed by atoms with Crippen LogP contribution in [0.2, 0.25) is 0 Å². The summed E-state index contributed by atoms with van der Waals surface area (Å²) in [6.45, 7) is 0. The van der Waals surface area contributed by atoms with Gasteiger partial charge in [0.25, 0.3) is 0 Å². The Morgan fingerprint density at radius 3 is 1.25 bits per heavy atom. The molecule has 0 aliphatic heterocycles. The number of Topliss-reactive ketones (excluding diaryl/α,β-unsaturated/α-hetero) is 2. The number of carbonyl (C=O) groups excluding carboxylic acids is 2. The van der Waals surface area contributed by atoms with Gasteiger partial charge in [-0.3, -0.25) is 9.59 Å². The van der Waals surface area contributed by atoms with Gasteiger partial charge in [-0.05, 0) is 38.5 Å². The summed E-state index contributed by atoms with van der Waals surface area (Å²) in [6, 6.07) is 0. The molecule has 0 saturated heterocycles. The molecule has 5 fully saturated rings. The van der Waals surface area contributed by atoms with Crippen LogP contribution < -0.4 is 0 Å². The van der Waals surface area contributed by atoms with Gasteiger partial charge in [0.15, 0.2) is 0 Å². The van der Waals surface area contributed by atoms with E-state index in [0.717, 1.165) is 51.4 Å². The van der Waals surface area contributed by atoms with Crippen LogP contribution in [0.5, 0.6) is 0 Å². The molecule has 0 aromatic carbocycles. The fourth-order valence-corrected chi connectivity index (χ4v) is 6.20. The highest BCUT2D eigenvalue weighted by atomic mass is 16.2. The Bertz CT molecular complexity index is 401. The van der Waals surface area contributed by atoms with E-state index in [4.69, 9.17) is 0 Å². The zero-order valence-electron chi connectivity index (χ0n) is 9.47. The Morgan fingerprint density at radius 1 is 0.625 bits per heavy atom. The molecule has 4 unspecified atom stereocenters. The molecule has 4 atom stereocenters. The van der Waals surface area contributed by atoms with E-state index < -0.39 is 0 Å². The molecule has 2 nitrogen and oxygen atoms in total. The quantitative estimate of drug-likeness (QED) is 0.622.